The fraction of sp³-hybridized carbons (Fsp3) is 0.273. The zero-order valence-electron chi connectivity index (χ0n) is 13.2. The van der Waals surface area contributed by atoms with E-state index >= 15 is 0 Å². The zero-order chi connectivity index (χ0) is 26.0. The van der Waals surface area contributed by atoms with Crippen LogP contribution in [0.2, 0.25) is 0 Å². The molecule has 0 fully saturated rings. The average molecular weight is 510 g/mol. The van der Waals surface area contributed by atoms with Crippen LogP contribution in [-0.2, 0) is 4.74 Å². The normalized spacial score (nSPS) is 13.4. The Balaban J connectivity index is -0.000000461. The predicted molar refractivity (Wildman–Crippen MR) is 59.5 cm³/mol. The van der Waals surface area contributed by atoms with Crippen LogP contribution in [0.15, 0.2) is 48.0 Å². The summed E-state index contributed by atoms with van der Waals surface area (Å²) >= 11 is 0. The molecule has 0 unspecified atom stereocenters. The molecule has 0 aromatic rings. The Morgan fingerprint density at radius 2 is 0.742 bits per heavy atom. The van der Waals surface area contributed by atoms with Crippen molar-refractivity contribution in [1.29, 1.82) is 0 Å². The summed E-state index contributed by atoms with van der Waals surface area (Å²) in [6.07, 6.45) is -26.4. The van der Waals surface area contributed by atoms with Crippen molar-refractivity contribution in [3.63, 3.8) is 0 Å². The van der Waals surface area contributed by atoms with Gasteiger partial charge in [0.2, 0.25) is 0 Å². The maximum absolute atomic E-state index is 12.0. The Bertz CT molecular complexity index is 629. The minimum atomic E-state index is -5.95. The van der Waals surface area contributed by atoms with Crippen LogP contribution in [0.4, 0.5) is 83.4 Å². The van der Waals surface area contributed by atoms with Crippen molar-refractivity contribution in [2.75, 3.05) is 0 Å². The molecule has 31 heavy (non-hydrogen) atoms. The lowest BCUT2D eigenvalue weighted by atomic mass is 10.5. The van der Waals surface area contributed by atoms with Crippen molar-refractivity contribution < 1.29 is 88.2 Å². The molecule has 0 saturated carbocycles. The van der Waals surface area contributed by atoms with E-state index in [1.54, 1.807) is 0 Å². The van der Waals surface area contributed by atoms with Crippen LogP contribution in [0.3, 0.4) is 0 Å². The second kappa shape index (κ2) is 13.0. The van der Waals surface area contributed by atoms with Crippen LogP contribution >= 0.6 is 0 Å². The van der Waals surface area contributed by atoms with Gasteiger partial charge in [0, 0.05) is 0 Å². The number of hydrogen-bond acceptors (Lipinski definition) is 1. The summed E-state index contributed by atoms with van der Waals surface area (Å²) in [5, 5.41) is 0. The summed E-state index contributed by atoms with van der Waals surface area (Å²) in [4.78, 5) is 0. The second-order valence-corrected chi connectivity index (χ2v) is 3.77. The predicted octanol–water partition coefficient (Wildman–Crippen LogP) is 8.66. The van der Waals surface area contributed by atoms with E-state index in [9.17, 15) is 83.4 Å². The summed E-state index contributed by atoms with van der Waals surface area (Å²) in [6, 6.07) is -6.76. The van der Waals surface area contributed by atoms with Gasteiger partial charge in [-0.2, -0.15) is 83.4 Å². The molecule has 20 heteroatoms. The third-order valence-electron chi connectivity index (χ3n) is 1.44. The highest BCUT2D eigenvalue weighted by Crippen LogP contribution is 2.34. The van der Waals surface area contributed by atoms with Gasteiger partial charge in [-0.3, -0.25) is 0 Å². The molecule has 0 bridgehead atoms. The van der Waals surface area contributed by atoms with E-state index in [0.29, 0.717) is 0 Å². The van der Waals surface area contributed by atoms with Crippen LogP contribution in [-0.4, -0.2) is 18.5 Å². The maximum atomic E-state index is 12.0. The molecule has 0 radical (unpaired) electrons. The third-order valence-corrected chi connectivity index (χ3v) is 1.44. The molecule has 0 N–H and O–H groups in total. The first-order valence-corrected chi connectivity index (χ1v) is 5.83. The van der Waals surface area contributed by atoms with Gasteiger partial charge in [-0.05, 0) is 0 Å². The lowest BCUT2D eigenvalue weighted by Crippen LogP contribution is -2.13. The number of halogens is 19. The lowest BCUT2D eigenvalue weighted by Gasteiger charge is -2.07. The Morgan fingerprint density at radius 3 is 0.839 bits per heavy atom. The van der Waals surface area contributed by atoms with E-state index in [4.69, 9.17) is 0 Å². The summed E-state index contributed by atoms with van der Waals surface area (Å²) in [5.41, 5.74) is 0. The number of allylic oxidation sites excluding steroid dienone is 3. The molecule has 184 valence electrons. The number of alkyl halides is 9. The van der Waals surface area contributed by atoms with Gasteiger partial charge in [0.1, 0.15) is 0 Å². The van der Waals surface area contributed by atoms with Crippen molar-refractivity contribution in [2.24, 2.45) is 0 Å². The van der Waals surface area contributed by atoms with Gasteiger partial charge < -0.3 is 4.74 Å². The summed E-state index contributed by atoms with van der Waals surface area (Å²) in [5.74, 6) is -7.27. The molecular weight excluding hydrogens is 509 g/mol. The fourth-order valence-corrected chi connectivity index (χ4v) is 0.515. The zero-order valence-corrected chi connectivity index (χ0v) is 13.2. The minimum absolute atomic E-state index is 1.06. The molecular formula is C11HF19O. The van der Waals surface area contributed by atoms with Crippen LogP contribution in [0, 0.1) is 0 Å². The van der Waals surface area contributed by atoms with E-state index in [0.717, 1.165) is 0 Å². The highest BCUT2D eigenvalue weighted by Gasteiger charge is 2.42. The first-order valence-electron chi connectivity index (χ1n) is 5.83. The van der Waals surface area contributed by atoms with Gasteiger partial charge >= 0.3 is 42.7 Å². The first kappa shape index (κ1) is 33.1. The maximum Gasteiger partial charge on any atom is 0.449 e. The molecule has 0 atom stereocenters. The van der Waals surface area contributed by atoms with Crippen molar-refractivity contribution in [3.8, 4) is 0 Å². The number of ether oxygens (including phenoxy) is 1. The molecule has 0 saturated heterocycles. The van der Waals surface area contributed by atoms with Gasteiger partial charge in [-0.1, -0.05) is 0 Å². The smallest absolute Gasteiger partial charge is 0.400 e. The molecule has 0 aromatic heterocycles. The Kier molecular flexibility index (Phi) is 13.8. The summed E-state index contributed by atoms with van der Waals surface area (Å²) in [6.45, 7) is 0. The highest BCUT2D eigenvalue weighted by atomic mass is 19.4. The molecule has 0 rings (SSSR count). The highest BCUT2D eigenvalue weighted by molar-refractivity contribution is 5.06. The minimum Gasteiger partial charge on any atom is -0.400 e. The molecule has 1 nitrogen and oxygen atoms in total. The van der Waals surface area contributed by atoms with E-state index in [1.807, 2.05) is 0 Å². The summed E-state index contributed by atoms with van der Waals surface area (Å²) < 4.78 is 213. The van der Waals surface area contributed by atoms with E-state index < -0.39 is 66.5 Å². The fourth-order valence-electron chi connectivity index (χ4n) is 0.515. The monoisotopic (exact) mass is 510 g/mol. The molecule has 0 amide bonds. The largest absolute Gasteiger partial charge is 0.449 e. The van der Waals surface area contributed by atoms with Crippen molar-refractivity contribution in [3.05, 3.63) is 48.0 Å². The van der Waals surface area contributed by atoms with Crippen molar-refractivity contribution in [2.45, 2.75) is 18.5 Å². The molecule has 0 aliphatic carbocycles. The van der Waals surface area contributed by atoms with Gasteiger partial charge in [0.05, 0.1) is 6.08 Å². The Hall–Kier alpha value is -2.57. The van der Waals surface area contributed by atoms with Crippen molar-refractivity contribution in [1.82, 2.24) is 0 Å². The van der Waals surface area contributed by atoms with E-state index in [-0.39, 0.29) is 0 Å². The van der Waals surface area contributed by atoms with E-state index in [2.05, 4.69) is 4.74 Å². The van der Waals surface area contributed by atoms with Gasteiger partial charge in [-0.25, -0.2) is 0 Å². The number of rotatable bonds is 2. The molecule has 0 spiro atoms. The van der Waals surface area contributed by atoms with Crippen LogP contribution in [0.5, 0.6) is 0 Å². The first-order chi connectivity index (χ1) is 13.4. The van der Waals surface area contributed by atoms with Crippen molar-refractivity contribution >= 4 is 0 Å². The van der Waals surface area contributed by atoms with Crippen LogP contribution in [0.25, 0.3) is 0 Å². The molecule has 0 aromatic carbocycles. The number of hydrogen-bond donors (Lipinski definition) is 0. The van der Waals surface area contributed by atoms with Gasteiger partial charge in [0.15, 0.2) is 0 Å². The molecule has 0 aliphatic rings. The SMILES string of the molecule is FC(F)=C(F)F.FC(F)=CC(F)(F)F.FC(OC(F)=C(F)C(F)(F)F)=C(F)C(F)(F)F. The molecule has 0 aliphatic heterocycles. The third kappa shape index (κ3) is 19.2. The summed E-state index contributed by atoms with van der Waals surface area (Å²) in [7, 11) is 0. The van der Waals surface area contributed by atoms with Crippen LogP contribution in [0.1, 0.15) is 0 Å². The Labute approximate surface area is 156 Å². The average Bonchev–Trinajstić information content (AvgIpc) is 2.49. The van der Waals surface area contributed by atoms with Crippen LogP contribution < -0.4 is 0 Å². The quantitative estimate of drug-likeness (QED) is 0.267. The van der Waals surface area contributed by atoms with Gasteiger partial charge in [0.25, 0.3) is 17.7 Å². The second-order valence-electron chi connectivity index (χ2n) is 3.77. The standard InChI is InChI=1S/C6F10O.C3HF5.C2F4/c7-1(5(11,12)13)3(9)17-4(10)2(8)6(14,15)16;4-2(5)1-3(6,7)8;3-1(4)2(5)6/h;1H;. The molecule has 0 heterocycles. The Morgan fingerprint density at radius 1 is 0.484 bits per heavy atom. The van der Waals surface area contributed by atoms with Gasteiger partial charge in [-0.15, -0.1) is 0 Å². The lowest BCUT2D eigenvalue weighted by molar-refractivity contribution is -0.121. The topological polar surface area (TPSA) is 9.23 Å². The van der Waals surface area contributed by atoms with E-state index in [1.165, 1.54) is 0 Å².